The third-order valence-electron chi connectivity index (χ3n) is 6.54. The first-order chi connectivity index (χ1) is 15.2. The summed E-state index contributed by atoms with van der Waals surface area (Å²) in [6, 6.07) is 16.8. The van der Waals surface area contributed by atoms with E-state index in [1.165, 1.54) is 5.56 Å². The molecule has 4 aromatic rings. The number of amides is 1. The number of carbonyl (C=O) groups is 1. The van der Waals surface area contributed by atoms with Crippen molar-refractivity contribution in [3.63, 3.8) is 0 Å². The Morgan fingerprint density at radius 1 is 1.00 bits per heavy atom. The smallest absolute Gasteiger partial charge is 0.225 e. The molecule has 2 aromatic carbocycles. The van der Waals surface area contributed by atoms with E-state index in [1.807, 2.05) is 27.9 Å². The highest BCUT2D eigenvalue weighted by atomic mass is 16.3. The zero-order valence-corrected chi connectivity index (χ0v) is 17.3. The van der Waals surface area contributed by atoms with E-state index < -0.39 is 0 Å². The molecule has 1 amide bonds. The summed E-state index contributed by atoms with van der Waals surface area (Å²) in [6.07, 6.45) is 6.72. The van der Waals surface area contributed by atoms with Gasteiger partial charge in [-0.25, -0.2) is 4.68 Å². The zero-order chi connectivity index (χ0) is 20.8. The molecule has 1 aliphatic carbocycles. The van der Waals surface area contributed by atoms with E-state index in [1.54, 1.807) is 6.26 Å². The molecule has 1 atom stereocenters. The lowest BCUT2D eigenvalue weighted by atomic mass is 10.0. The Kier molecular flexibility index (Phi) is 4.37. The Morgan fingerprint density at radius 2 is 1.81 bits per heavy atom. The van der Waals surface area contributed by atoms with Gasteiger partial charge >= 0.3 is 0 Å². The van der Waals surface area contributed by atoms with Crippen molar-refractivity contribution >= 4 is 16.9 Å². The van der Waals surface area contributed by atoms with Crippen LogP contribution >= 0.6 is 0 Å². The van der Waals surface area contributed by atoms with Gasteiger partial charge in [-0.05, 0) is 54.5 Å². The van der Waals surface area contributed by atoms with Crippen LogP contribution in [0.1, 0.15) is 19.3 Å². The van der Waals surface area contributed by atoms with Crippen molar-refractivity contribution in [1.82, 2.24) is 19.9 Å². The summed E-state index contributed by atoms with van der Waals surface area (Å²) in [5.41, 5.74) is 5.35. The predicted octanol–water partition coefficient (Wildman–Crippen LogP) is 4.62. The van der Waals surface area contributed by atoms with Crippen LogP contribution in [-0.2, 0) is 11.3 Å². The van der Waals surface area contributed by atoms with Gasteiger partial charge in [0.2, 0.25) is 5.91 Å². The second-order valence-corrected chi connectivity index (χ2v) is 8.77. The molecule has 0 N–H and O–H groups in total. The molecule has 1 aliphatic heterocycles. The highest BCUT2D eigenvalue weighted by Crippen LogP contribution is 2.33. The van der Waals surface area contributed by atoms with E-state index in [-0.39, 0.29) is 0 Å². The van der Waals surface area contributed by atoms with Gasteiger partial charge in [-0.15, -0.1) is 5.10 Å². The van der Waals surface area contributed by atoms with Crippen molar-refractivity contribution < 1.29 is 9.21 Å². The summed E-state index contributed by atoms with van der Waals surface area (Å²) < 4.78 is 7.43. The first kappa shape index (κ1) is 18.4. The van der Waals surface area contributed by atoms with Crippen LogP contribution in [0.15, 0.2) is 65.4 Å². The molecule has 156 valence electrons. The monoisotopic (exact) mass is 412 g/mol. The van der Waals surface area contributed by atoms with Crippen LogP contribution in [0.4, 0.5) is 0 Å². The van der Waals surface area contributed by atoms with Crippen LogP contribution in [0.2, 0.25) is 0 Å². The molecule has 6 nitrogen and oxygen atoms in total. The molecule has 0 radical (unpaired) electrons. The molecule has 2 fully saturated rings. The fourth-order valence-electron chi connectivity index (χ4n) is 4.61. The number of likely N-dealkylation sites (tertiary alicyclic amines) is 1. The van der Waals surface area contributed by atoms with Crippen LogP contribution in [-0.4, -0.2) is 38.9 Å². The Morgan fingerprint density at radius 3 is 2.65 bits per heavy atom. The minimum Gasteiger partial charge on any atom is -0.464 e. The largest absolute Gasteiger partial charge is 0.464 e. The number of benzene rings is 2. The number of nitrogens with zero attached hydrogens (tertiary/aromatic N) is 4. The second-order valence-electron chi connectivity index (χ2n) is 8.77. The molecule has 0 spiro atoms. The number of rotatable bonds is 5. The van der Waals surface area contributed by atoms with E-state index in [2.05, 4.69) is 46.7 Å². The van der Waals surface area contributed by atoms with E-state index in [4.69, 9.17) is 4.42 Å². The molecule has 0 bridgehead atoms. The van der Waals surface area contributed by atoms with Crippen molar-refractivity contribution in [2.24, 2.45) is 11.8 Å². The average Bonchev–Trinajstić information content (AvgIpc) is 3.17. The summed E-state index contributed by atoms with van der Waals surface area (Å²) in [5, 5.41) is 9.60. The molecule has 1 saturated carbocycles. The molecule has 1 saturated heterocycles. The number of carbonyl (C=O) groups excluding carboxylic acids is 1. The van der Waals surface area contributed by atoms with Crippen LogP contribution in [0, 0.1) is 11.8 Å². The van der Waals surface area contributed by atoms with Gasteiger partial charge in [-0.1, -0.05) is 35.5 Å². The number of hydrogen-bond donors (Lipinski definition) is 0. The Hall–Kier alpha value is -3.41. The quantitative estimate of drug-likeness (QED) is 0.480. The van der Waals surface area contributed by atoms with Gasteiger partial charge in [0.05, 0.1) is 18.2 Å². The topological polar surface area (TPSA) is 64.2 Å². The maximum absolute atomic E-state index is 12.3. The van der Waals surface area contributed by atoms with Crippen molar-refractivity contribution in [2.45, 2.75) is 25.8 Å². The summed E-state index contributed by atoms with van der Waals surface area (Å²) in [7, 11) is 0. The van der Waals surface area contributed by atoms with Gasteiger partial charge in [-0.3, -0.25) is 4.79 Å². The lowest BCUT2D eigenvalue weighted by Crippen LogP contribution is -2.30. The number of hydrogen-bond acceptors (Lipinski definition) is 4. The van der Waals surface area contributed by atoms with Gasteiger partial charge in [0.1, 0.15) is 5.58 Å². The van der Waals surface area contributed by atoms with Gasteiger partial charge in [0, 0.05) is 36.5 Å². The van der Waals surface area contributed by atoms with E-state index >= 15 is 0 Å². The van der Waals surface area contributed by atoms with E-state index in [0.29, 0.717) is 17.7 Å². The van der Waals surface area contributed by atoms with Crippen molar-refractivity contribution in [3.8, 4) is 22.4 Å². The Labute approximate surface area is 180 Å². The number of furan rings is 1. The highest BCUT2D eigenvalue weighted by Gasteiger charge is 2.36. The van der Waals surface area contributed by atoms with Crippen LogP contribution in [0.3, 0.4) is 0 Å². The summed E-state index contributed by atoms with van der Waals surface area (Å²) in [4.78, 5) is 14.4. The first-order valence-corrected chi connectivity index (χ1v) is 11.0. The first-order valence-electron chi connectivity index (χ1n) is 11.0. The van der Waals surface area contributed by atoms with Crippen LogP contribution in [0.5, 0.6) is 0 Å². The van der Waals surface area contributed by atoms with Gasteiger partial charge in [0.25, 0.3) is 0 Å². The lowest BCUT2D eigenvalue weighted by Gasteiger charge is -2.16. The third-order valence-corrected chi connectivity index (χ3v) is 6.54. The summed E-state index contributed by atoms with van der Waals surface area (Å²) in [5.74, 6) is 1.09. The van der Waals surface area contributed by atoms with E-state index in [9.17, 15) is 4.79 Å². The molecule has 31 heavy (non-hydrogen) atoms. The molecule has 0 unspecified atom stereocenters. The average molecular weight is 412 g/mol. The molecule has 6 heteroatoms. The minimum atomic E-state index is 0.299. The zero-order valence-electron chi connectivity index (χ0n) is 17.3. The Balaban J connectivity index is 1.18. The molecule has 2 aliphatic rings. The number of aromatic nitrogens is 3. The third kappa shape index (κ3) is 3.52. The van der Waals surface area contributed by atoms with Gasteiger partial charge in [-0.2, -0.15) is 0 Å². The SMILES string of the molecule is O=C(C1CC1)N1CC[C@@H](Cn2nncc2-c2ccc(-c3ccc4occc4c3)cc2)C1. The number of fused-ring (bicyclic) bond motifs is 1. The lowest BCUT2D eigenvalue weighted by molar-refractivity contribution is -0.131. The summed E-state index contributed by atoms with van der Waals surface area (Å²) >= 11 is 0. The molecule has 6 rings (SSSR count). The fraction of sp³-hybridized carbons (Fsp3) is 0.320. The molecular formula is C25H24N4O2. The molecule has 3 heterocycles. The van der Waals surface area contributed by atoms with Crippen molar-refractivity contribution in [3.05, 3.63) is 61.0 Å². The standard InChI is InChI=1S/C25H24N4O2/c30-25(20-5-6-20)28-11-9-17(15-28)16-29-23(14-26-27-29)19-3-1-18(2-4-19)21-7-8-24-22(13-21)10-12-31-24/h1-4,7-8,10,12-14,17,20H,5-6,9,11,15-16H2/t17-/m1/s1. The van der Waals surface area contributed by atoms with Gasteiger partial charge < -0.3 is 9.32 Å². The Bertz CT molecular complexity index is 1240. The van der Waals surface area contributed by atoms with Gasteiger partial charge in [0.15, 0.2) is 0 Å². The fourth-order valence-corrected chi connectivity index (χ4v) is 4.61. The van der Waals surface area contributed by atoms with Crippen molar-refractivity contribution in [2.75, 3.05) is 13.1 Å². The van der Waals surface area contributed by atoms with Crippen LogP contribution in [0.25, 0.3) is 33.4 Å². The molecular weight excluding hydrogens is 388 g/mol. The van der Waals surface area contributed by atoms with Crippen molar-refractivity contribution in [1.29, 1.82) is 0 Å². The minimum absolute atomic E-state index is 0.299. The highest BCUT2D eigenvalue weighted by molar-refractivity contribution is 5.84. The van der Waals surface area contributed by atoms with Crippen LogP contribution < -0.4 is 0 Å². The normalized spacial score (nSPS) is 18.7. The van der Waals surface area contributed by atoms with E-state index in [0.717, 1.165) is 66.7 Å². The maximum atomic E-state index is 12.3. The predicted molar refractivity (Wildman–Crippen MR) is 118 cm³/mol. The second kappa shape index (κ2) is 7.38. The summed E-state index contributed by atoms with van der Waals surface area (Å²) in [6.45, 7) is 2.51. The maximum Gasteiger partial charge on any atom is 0.225 e. The molecule has 2 aromatic heterocycles.